The van der Waals surface area contributed by atoms with Crippen molar-refractivity contribution in [3.8, 4) is 0 Å². The second kappa shape index (κ2) is 9.41. The average Bonchev–Trinajstić information content (AvgIpc) is 2.92. The molecule has 0 aliphatic carbocycles. The number of guanidine groups is 1. The Labute approximate surface area is 155 Å². The summed E-state index contributed by atoms with van der Waals surface area (Å²) in [5, 5.41) is 0.764. The standard InChI is InChI=1S/C19H29ClN4O/c20-17-7-5-6-16(14-17)18(23-10-12-25-13-11-23)15-22-19(21)24-8-3-1-2-4-9-24/h5-7,14,18H,1-4,8-13,15H2,(H2,21,22). The van der Waals surface area contributed by atoms with E-state index in [9.17, 15) is 0 Å². The normalized spacial score (nSPS) is 21.8. The highest BCUT2D eigenvalue weighted by atomic mass is 35.5. The third-order valence-corrected chi connectivity index (χ3v) is 5.31. The smallest absolute Gasteiger partial charge is 0.191 e. The van der Waals surface area contributed by atoms with Crippen molar-refractivity contribution in [2.75, 3.05) is 45.9 Å². The van der Waals surface area contributed by atoms with Crippen LogP contribution in [0, 0.1) is 0 Å². The van der Waals surface area contributed by atoms with Gasteiger partial charge in [0.2, 0.25) is 0 Å². The summed E-state index contributed by atoms with van der Waals surface area (Å²) >= 11 is 6.22. The van der Waals surface area contributed by atoms with Gasteiger partial charge in [0, 0.05) is 31.2 Å². The summed E-state index contributed by atoms with van der Waals surface area (Å²) in [6.07, 6.45) is 5.00. The predicted octanol–water partition coefficient (Wildman–Crippen LogP) is 2.90. The number of rotatable bonds is 4. The maximum Gasteiger partial charge on any atom is 0.191 e. The molecular formula is C19H29ClN4O. The van der Waals surface area contributed by atoms with Crippen LogP contribution in [0.5, 0.6) is 0 Å². The fourth-order valence-electron chi connectivity index (χ4n) is 3.61. The fraction of sp³-hybridized carbons (Fsp3) is 0.632. The SMILES string of the molecule is NC(=NCC(c1cccc(Cl)c1)N1CCOCC1)N1CCCCCC1. The van der Waals surface area contributed by atoms with Gasteiger partial charge in [-0.05, 0) is 30.5 Å². The van der Waals surface area contributed by atoms with Crippen LogP contribution in [0.25, 0.3) is 0 Å². The van der Waals surface area contributed by atoms with E-state index in [2.05, 4.69) is 15.9 Å². The van der Waals surface area contributed by atoms with Crippen molar-refractivity contribution in [2.45, 2.75) is 31.7 Å². The zero-order valence-electron chi connectivity index (χ0n) is 14.9. The molecule has 0 spiro atoms. The molecule has 0 aromatic heterocycles. The van der Waals surface area contributed by atoms with Gasteiger partial charge in [0.15, 0.2) is 5.96 Å². The summed E-state index contributed by atoms with van der Waals surface area (Å²) < 4.78 is 5.51. The van der Waals surface area contributed by atoms with Crippen molar-refractivity contribution in [1.82, 2.24) is 9.80 Å². The number of benzene rings is 1. The van der Waals surface area contributed by atoms with E-state index in [4.69, 9.17) is 27.1 Å². The van der Waals surface area contributed by atoms with Gasteiger partial charge in [-0.1, -0.05) is 36.6 Å². The molecule has 25 heavy (non-hydrogen) atoms. The van der Waals surface area contributed by atoms with E-state index in [-0.39, 0.29) is 6.04 Å². The van der Waals surface area contributed by atoms with Gasteiger partial charge < -0.3 is 15.4 Å². The van der Waals surface area contributed by atoms with Crippen molar-refractivity contribution in [3.05, 3.63) is 34.9 Å². The third kappa shape index (κ3) is 5.33. The van der Waals surface area contributed by atoms with Crippen molar-refractivity contribution in [1.29, 1.82) is 0 Å². The molecule has 0 saturated carbocycles. The Morgan fingerprint density at radius 2 is 1.84 bits per heavy atom. The van der Waals surface area contributed by atoms with Crippen LogP contribution in [0.1, 0.15) is 37.3 Å². The number of morpholine rings is 1. The summed E-state index contributed by atoms with van der Waals surface area (Å²) in [7, 11) is 0. The lowest BCUT2D eigenvalue weighted by atomic mass is 10.0. The second-order valence-corrected chi connectivity index (χ2v) is 7.26. The van der Waals surface area contributed by atoms with Crippen LogP contribution in [0.15, 0.2) is 29.3 Å². The first-order chi connectivity index (χ1) is 12.2. The molecule has 0 radical (unpaired) electrons. The maximum absolute atomic E-state index is 6.31. The molecule has 2 N–H and O–H groups in total. The number of halogens is 1. The number of hydrogen-bond donors (Lipinski definition) is 1. The number of nitrogens with zero attached hydrogens (tertiary/aromatic N) is 3. The number of likely N-dealkylation sites (tertiary alicyclic amines) is 1. The van der Waals surface area contributed by atoms with Crippen molar-refractivity contribution in [3.63, 3.8) is 0 Å². The highest BCUT2D eigenvalue weighted by molar-refractivity contribution is 6.30. The van der Waals surface area contributed by atoms with Crippen LogP contribution in [0.3, 0.4) is 0 Å². The minimum absolute atomic E-state index is 0.188. The highest BCUT2D eigenvalue weighted by Gasteiger charge is 2.23. The largest absolute Gasteiger partial charge is 0.379 e. The molecule has 0 bridgehead atoms. The first-order valence-electron chi connectivity index (χ1n) is 9.36. The summed E-state index contributed by atoms with van der Waals surface area (Å²) in [5.74, 6) is 0.683. The third-order valence-electron chi connectivity index (χ3n) is 5.08. The first-order valence-corrected chi connectivity index (χ1v) is 9.74. The van der Waals surface area contributed by atoms with Crippen molar-refractivity contribution in [2.24, 2.45) is 10.7 Å². The molecule has 3 rings (SSSR count). The first kappa shape index (κ1) is 18.5. The van der Waals surface area contributed by atoms with Gasteiger partial charge in [-0.15, -0.1) is 0 Å². The van der Waals surface area contributed by atoms with Gasteiger partial charge in [-0.3, -0.25) is 9.89 Å². The predicted molar refractivity (Wildman–Crippen MR) is 103 cm³/mol. The number of nitrogens with two attached hydrogens (primary N) is 1. The molecule has 2 saturated heterocycles. The highest BCUT2D eigenvalue weighted by Crippen LogP contribution is 2.25. The second-order valence-electron chi connectivity index (χ2n) is 6.82. The lowest BCUT2D eigenvalue weighted by molar-refractivity contribution is 0.0179. The Morgan fingerprint density at radius 3 is 2.52 bits per heavy atom. The molecule has 1 aromatic carbocycles. The average molecular weight is 365 g/mol. The lowest BCUT2D eigenvalue weighted by Gasteiger charge is -2.34. The Hall–Kier alpha value is -1.30. The number of aliphatic imine (C=N–C) groups is 1. The molecule has 138 valence electrons. The minimum atomic E-state index is 0.188. The summed E-state index contributed by atoms with van der Waals surface area (Å²) in [5.41, 5.74) is 7.51. The summed E-state index contributed by atoms with van der Waals surface area (Å²) in [4.78, 5) is 9.43. The molecule has 6 heteroatoms. The van der Waals surface area contributed by atoms with Crippen LogP contribution in [-0.4, -0.2) is 61.7 Å². The van der Waals surface area contributed by atoms with E-state index in [0.717, 1.165) is 44.4 Å². The lowest BCUT2D eigenvalue weighted by Crippen LogP contribution is -2.42. The fourth-order valence-corrected chi connectivity index (χ4v) is 3.81. The van der Waals surface area contributed by atoms with Gasteiger partial charge in [0.1, 0.15) is 0 Å². The van der Waals surface area contributed by atoms with E-state index in [1.54, 1.807) is 0 Å². The van der Waals surface area contributed by atoms with E-state index >= 15 is 0 Å². The van der Waals surface area contributed by atoms with Gasteiger partial charge in [0.05, 0.1) is 25.8 Å². The van der Waals surface area contributed by atoms with Crippen LogP contribution in [0.4, 0.5) is 0 Å². The van der Waals surface area contributed by atoms with Gasteiger partial charge >= 0.3 is 0 Å². The monoisotopic (exact) mass is 364 g/mol. The summed E-state index contributed by atoms with van der Waals surface area (Å²) in [6.45, 7) is 6.06. The van der Waals surface area contributed by atoms with Gasteiger partial charge in [0.25, 0.3) is 0 Å². The zero-order valence-corrected chi connectivity index (χ0v) is 15.6. The minimum Gasteiger partial charge on any atom is -0.379 e. The van der Waals surface area contributed by atoms with Gasteiger partial charge in [-0.25, -0.2) is 0 Å². The van der Waals surface area contributed by atoms with Gasteiger partial charge in [-0.2, -0.15) is 0 Å². The topological polar surface area (TPSA) is 54.1 Å². The molecule has 5 nitrogen and oxygen atoms in total. The Bertz CT molecular complexity index is 566. The number of ether oxygens (including phenoxy) is 1. The van der Waals surface area contributed by atoms with Crippen LogP contribution >= 0.6 is 11.6 Å². The molecule has 2 fully saturated rings. The molecule has 2 aliphatic heterocycles. The Balaban J connectivity index is 1.73. The van der Waals surface area contributed by atoms with Crippen LogP contribution in [0.2, 0.25) is 5.02 Å². The zero-order chi connectivity index (χ0) is 17.5. The quantitative estimate of drug-likeness (QED) is 0.659. The van der Waals surface area contributed by atoms with E-state index < -0.39 is 0 Å². The van der Waals surface area contributed by atoms with E-state index in [0.29, 0.717) is 12.5 Å². The molecule has 1 aromatic rings. The van der Waals surface area contributed by atoms with Crippen LogP contribution in [-0.2, 0) is 4.74 Å². The molecule has 0 amide bonds. The Kier molecular flexibility index (Phi) is 6.96. The molecule has 2 aliphatic rings. The molecule has 1 atom stereocenters. The van der Waals surface area contributed by atoms with E-state index in [1.807, 2.05) is 18.2 Å². The van der Waals surface area contributed by atoms with Crippen LogP contribution < -0.4 is 5.73 Å². The Morgan fingerprint density at radius 1 is 1.12 bits per heavy atom. The van der Waals surface area contributed by atoms with E-state index in [1.165, 1.54) is 31.2 Å². The van der Waals surface area contributed by atoms with Crippen molar-refractivity contribution < 1.29 is 4.74 Å². The number of hydrogen-bond acceptors (Lipinski definition) is 3. The molecule has 1 unspecified atom stereocenters. The molecule has 2 heterocycles. The molecular weight excluding hydrogens is 336 g/mol. The summed E-state index contributed by atoms with van der Waals surface area (Å²) in [6, 6.07) is 8.28. The maximum atomic E-state index is 6.31. The van der Waals surface area contributed by atoms with Crippen molar-refractivity contribution >= 4 is 17.6 Å².